The van der Waals surface area contributed by atoms with E-state index in [2.05, 4.69) is 10.2 Å². The first-order chi connectivity index (χ1) is 9.74. The molecule has 0 fully saturated rings. The minimum absolute atomic E-state index is 0.0185. The summed E-state index contributed by atoms with van der Waals surface area (Å²) < 4.78 is 3.62. The number of para-hydroxylation sites is 1. The van der Waals surface area contributed by atoms with Crippen LogP contribution in [0.2, 0.25) is 0 Å². The minimum Gasteiger partial charge on any atom is -0.276 e. The zero-order valence-electron chi connectivity index (χ0n) is 11.2. The quantitative estimate of drug-likeness (QED) is 0.547. The van der Waals surface area contributed by atoms with Crippen LogP contribution in [0.5, 0.6) is 0 Å². The van der Waals surface area contributed by atoms with Crippen LogP contribution in [0.1, 0.15) is 18.7 Å². The lowest BCUT2D eigenvalue weighted by atomic mass is 10.2. The van der Waals surface area contributed by atoms with Gasteiger partial charge < -0.3 is 0 Å². The zero-order chi connectivity index (χ0) is 14.1. The summed E-state index contributed by atoms with van der Waals surface area (Å²) in [6.07, 6.45) is 1.73. The summed E-state index contributed by atoms with van der Waals surface area (Å²) >= 11 is 5.70. The zero-order valence-corrected chi connectivity index (χ0v) is 12.0. The topological polar surface area (TPSA) is 52.2 Å². The van der Waals surface area contributed by atoms with Gasteiger partial charge in [-0.1, -0.05) is 12.1 Å². The van der Waals surface area contributed by atoms with Crippen LogP contribution in [-0.2, 0) is 6.54 Å². The first-order valence-electron chi connectivity index (χ1n) is 6.63. The summed E-state index contributed by atoms with van der Waals surface area (Å²) in [6.45, 7) is 2.50. The highest BCUT2D eigenvalue weighted by Crippen LogP contribution is 2.14. The molecule has 0 bridgehead atoms. The Balaban J connectivity index is 2.31. The van der Waals surface area contributed by atoms with E-state index in [0.717, 1.165) is 24.2 Å². The molecule has 0 radical (unpaired) electrons. The molecule has 1 aromatic carbocycles. The number of nitrogens with zero attached hydrogens (tertiary/aromatic N) is 4. The lowest BCUT2D eigenvalue weighted by Gasteiger charge is -2.10. The molecule has 0 atom stereocenters. The van der Waals surface area contributed by atoms with Gasteiger partial charge in [-0.3, -0.25) is 13.8 Å². The molecule has 0 N–H and O–H groups in total. The maximum Gasteiger partial charge on any atom is 0.262 e. The predicted molar refractivity (Wildman–Crippen MR) is 79.4 cm³/mol. The standard InChI is InChI=1S/C14H15ClN4O/c1-10-16-17-14-18(9-5-4-8-15)13(20)11-6-2-3-7-12(11)19(10)14/h2-3,6-7H,4-5,8-9H2,1H3. The molecule has 104 valence electrons. The molecule has 0 spiro atoms. The van der Waals surface area contributed by atoms with E-state index in [4.69, 9.17) is 11.6 Å². The fourth-order valence-electron chi connectivity index (χ4n) is 2.46. The van der Waals surface area contributed by atoms with Crippen LogP contribution in [0, 0.1) is 6.92 Å². The van der Waals surface area contributed by atoms with Crippen LogP contribution >= 0.6 is 11.6 Å². The third kappa shape index (κ3) is 1.98. The van der Waals surface area contributed by atoms with Crippen molar-refractivity contribution in [3.8, 4) is 0 Å². The van der Waals surface area contributed by atoms with Gasteiger partial charge in [0, 0.05) is 12.4 Å². The highest BCUT2D eigenvalue weighted by molar-refractivity contribution is 6.17. The molecule has 0 saturated heterocycles. The fraction of sp³-hybridized carbons (Fsp3) is 0.357. The van der Waals surface area contributed by atoms with Gasteiger partial charge in [-0.25, -0.2) is 0 Å². The van der Waals surface area contributed by atoms with E-state index < -0.39 is 0 Å². The molecule has 3 rings (SSSR count). The number of aryl methyl sites for hydroxylation is 2. The van der Waals surface area contributed by atoms with Crippen LogP contribution < -0.4 is 5.56 Å². The Kier molecular flexibility index (Phi) is 3.44. The van der Waals surface area contributed by atoms with Gasteiger partial charge in [0.15, 0.2) is 0 Å². The molecule has 5 nitrogen and oxygen atoms in total. The monoisotopic (exact) mass is 290 g/mol. The van der Waals surface area contributed by atoms with Crippen LogP contribution in [0.4, 0.5) is 0 Å². The third-order valence-corrected chi connectivity index (χ3v) is 3.70. The lowest BCUT2D eigenvalue weighted by Crippen LogP contribution is -2.23. The van der Waals surface area contributed by atoms with Gasteiger partial charge in [0.05, 0.1) is 10.9 Å². The summed E-state index contributed by atoms with van der Waals surface area (Å²) in [6, 6.07) is 7.55. The van der Waals surface area contributed by atoms with Crippen molar-refractivity contribution >= 4 is 28.3 Å². The maximum absolute atomic E-state index is 12.6. The van der Waals surface area contributed by atoms with Crippen molar-refractivity contribution in [3.63, 3.8) is 0 Å². The maximum atomic E-state index is 12.6. The van der Waals surface area contributed by atoms with Gasteiger partial charge in [-0.15, -0.1) is 21.8 Å². The Hall–Kier alpha value is -1.88. The molecule has 0 aliphatic carbocycles. The molecule has 6 heteroatoms. The number of unbranched alkanes of at least 4 members (excludes halogenated alkanes) is 1. The number of fused-ring (bicyclic) bond motifs is 3. The highest BCUT2D eigenvalue weighted by atomic mass is 35.5. The van der Waals surface area contributed by atoms with Crippen molar-refractivity contribution in [2.45, 2.75) is 26.3 Å². The van der Waals surface area contributed by atoms with E-state index in [0.29, 0.717) is 23.6 Å². The van der Waals surface area contributed by atoms with E-state index in [9.17, 15) is 4.79 Å². The summed E-state index contributed by atoms with van der Waals surface area (Å²) in [5.74, 6) is 1.98. The number of hydrogen-bond acceptors (Lipinski definition) is 3. The molecule has 20 heavy (non-hydrogen) atoms. The average Bonchev–Trinajstić information content (AvgIpc) is 2.85. The van der Waals surface area contributed by atoms with Gasteiger partial charge in [0.2, 0.25) is 5.78 Å². The van der Waals surface area contributed by atoms with Crippen LogP contribution in [0.15, 0.2) is 29.1 Å². The third-order valence-electron chi connectivity index (χ3n) is 3.44. The Morgan fingerprint density at radius 2 is 2.00 bits per heavy atom. The minimum atomic E-state index is -0.0185. The second-order valence-corrected chi connectivity index (χ2v) is 5.13. The van der Waals surface area contributed by atoms with Crippen molar-refractivity contribution in [1.82, 2.24) is 19.2 Å². The molecule has 0 aliphatic rings. The first-order valence-corrected chi connectivity index (χ1v) is 7.16. The highest BCUT2D eigenvalue weighted by Gasteiger charge is 2.13. The Labute approximate surface area is 120 Å². The summed E-state index contributed by atoms with van der Waals surface area (Å²) in [7, 11) is 0. The number of halogens is 1. The molecule has 2 heterocycles. The van der Waals surface area contributed by atoms with Gasteiger partial charge in [0.25, 0.3) is 5.56 Å². The van der Waals surface area contributed by atoms with Crippen molar-refractivity contribution in [1.29, 1.82) is 0 Å². The molecule has 3 aromatic rings. The smallest absolute Gasteiger partial charge is 0.262 e. The number of hydrogen-bond donors (Lipinski definition) is 0. The van der Waals surface area contributed by atoms with Gasteiger partial charge in [0.1, 0.15) is 5.82 Å². The summed E-state index contributed by atoms with van der Waals surface area (Å²) in [5.41, 5.74) is 0.832. The van der Waals surface area contributed by atoms with Crippen molar-refractivity contribution < 1.29 is 0 Å². The number of aromatic nitrogens is 4. The van der Waals surface area contributed by atoms with Crippen LogP contribution in [0.3, 0.4) is 0 Å². The molecular formula is C14H15ClN4O. The average molecular weight is 291 g/mol. The molecule has 0 unspecified atom stereocenters. The number of alkyl halides is 1. The Morgan fingerprint density at radius 1 is 1.20 bits per heavy atom. The molecule has 0 saturated carbocycles. The van der Waals surface area contributed by atoms with Gasteiger partial charge in [-0.2, -0.15) is 0 Å². The second kappa shape index (κ2) is 5.25. The summed E-state index contributed by atoms with van der Waals surface area (Å²) in [5, 5.41) is 8.94. The van der Waals surface area contributed by atoms with Crippen molar-refractivity contribution in [2.24, 2.45) is 0 Å². The molecule has 0 aliphatic heterocycles. The number of benzene rings is 1. The van der Waals surface area contributed by atoms with Crippen molar-refractivity contribution in [2.75, 3.05) is 5.88 Å². The van der Waals surface area contributed by atoms with E-state index in [1.54, 1.807) is 4.57 Å². The van der Waals surface area contributed by atoms with E-state index in [1.807, 2.05) is 35.6 Å². The van der Waals surface area contributed by atoms with E-state index in [-0.39, 0.29) is 5.56 Å². The summed E-state index contributed by atoms with van der Waals surface area (Å²) in [4.78, 5) is 12.6. The Bertz CT molecular complexity index is 821. The normalized spacial score (nSPS) is 11.5. The molecular weight excluding hydrogens is 276 g/mol. The van der Waals surface area contributed by atoms with Crippen molar-refractivity contribution in [3.05, 3.63) is 40.4 Å². The fourth-order valence-corrected chi connectivity index (χ4v) is 2.65. The van der Waals surface area contributed by atoms with Gasteiger partial charge in [-0.05, 0) is 31.9 Å². The van der Waals surface area contributed by atoms with E-state index >= 15 is 0 Å². The second-order valence-electron chi connectivity index (χ2n) is 4.75. The largest absolute Gasteiger partial charge is 0.276 e. The molecule has 2 aromatic heterocycles. The number of rotatable bonds is 4. The Morgan fingerprint density at radius 3 is 2.80 bits per heavy atom. The SMILES string of the molecule is Cc1nnc2n(CCCCCl)c(=O)c3ccccc3n12. The lowest BCUT2D eigenvalue weighted by molar-refractivity contribution is 0.622. The van der Waals surface area contributed by atoms with E-state index in [1.165, 1.54) is 0 Å². The van der Waals surface area contributed by atoms with Gasteiger partial charge >= 0.3 is 0 Å². The predicted octanol–water partition coefficient (Wildman–Crippen LogP) is 2.37. The first kappa shape index (κ1) is 13.1. The van der Waals surface area contributed by atoms with Crippen LogP contribution in [0.25, 0.3) is 16.7 Å². The van der Waals surface area contributed by atoms with Crippen LogP contribution in [-0.4, -0.2) is 25.0 Å². The molecule has 0 amide bonds.